The largest absolute Gasteiger partial charge is 0.369 e. The molecule has 0 bridgehead atoms. The molecule has 194 valence electrons. The summed E-state index contributed by atoms with van der Waals surface area (Å²) in [5.41, 5.74) is 8.14. The van der Waals surface area contributed by atoms with Gasteiger partial charge in [-0.05, 0) is 90.7 Å². The first kappa shape index (κ1) is 24.3. The van der Waals surface area contributed by atoms with Crippen molar-refractivity contribution in [3.8, 4) is 0 Å². The van der Waals surface area contributed by atoms with Crippen molar-refractivity contribution in [2.75, 3.05) is 32.7 Å². The Balaban J connectivity index is 1.10. The summed E-state index contributed by atoms with van der Waals surface area (Å²) in [4.78, 5) is 24.5. The SMILES string of the molecule is C[C@]12CCC(NOC(=O)CN3CCNCC3)C=C1CC[C@H]1[C@@H]2CC[C@]2(C)C(c3cccnc3)=CC[C@@H]12. The molecule has 36 heavy (non-hydrogen) atoms. The molecule has 0 aromatic carbocycles. The Morgan fingerprint density at radius 2 is 2.00 bits per heavy atom. The van der Waals surface area contributed by atoms with Crippen molar-refractivity contribution >= 4 is 11.5 Å². The smallest absolute Gasteiger partial charge is 0.338 e. The Hall–Kier alpha value is -2.02. The third kappa shape index (κ3) is 4.25. The zero-order valence-electron chi connectivity index (χ0n) is 22.0. The first-order chi connectivity index (χ1) is 17.5. The van der Waals surface area contributed by atoms with E-state index in [0.717, 1.165) is 50.4 Å². The van der Waals surface area contributed by atoms with Crippen LogP contribution in [0.15, 0.2) is 42.3 Å². The third-order valence-electron chi connectivity index (χ3n) is 10.6. The average Bonchev–Trinajstić information content (AvgIpc) is 3.26. The fourth-order valence-electron chi connectivity index (χ4n) is 8.58. The van der Waals surface area contributed by atoms with Crippen LogP contribution in [-0.2, 0) is 9.63 Å². The van der Waals surface area contributed by atoms with Crippen LogP contribution < -0.4 is 10.8 Å². The number of fused-ring (bicyclic) bond motifs is 5. The minimum absolute atomic E-state index is 0.135. The van der Waals surface area contributed by atoms with Crippen molar-refractivity contribution in [3.05, 3.63) is 47.8 Å². The second kappa shape index (κ2) is 9.70. The Morgan fingerprint density at radius 1 is 1.17 bits per heavy atom. The van der Waals surface area contributed by atoms with E-state index in [1.54, 1.807) is 11.1 Å². The summed E-state index contributed by atoms with van der Waals surface area (Å²) in [6, 6.07) is 4.45. The van der Waals surface area contributed by atoms with Gasteiger partial charge in [-0.3, -0.25) is 9.88 Å². The summed E-state index contributed by atoms with van der Waals surface area (Å²) in [5.74, 6) is 2.12. The highest BCUT2D eigenvalue weighted by molar-refractivity contribution is 5.72. The van der Waals surface area contributed by atoms with E-state index in [-0.39, 0.29) is 22.8 Å². The molecule has 1 aromatic heterocycles. The number of carbonyl (C=O) groups excluding carboxylic acids is 1. The maximum Gasteiger partial charge on any atom is 0.338 e. The number of nitrogens with one attached hydrogen (secondary N) is 2. The minimum Gasteiger partial charge on any atom is -0.369 e. The maximum atomic E-state index is 12.4. The highest BCUT2D eigenvalue weighted by atomic mass is 16.7. The van der Waals surface area contributed by atoms with E-state index in [4.69, 9.17) is 4.84 Å². The molecular formula is C30H42N4O2. The van der Waals surface area contributed by atoms with Crippen molar-refractivity contribution < 1.29 is 9.63 Å². The van der Waals surface area contributed by atoms with Crippen LogP contribution in [0.5, 0.6) is 0 Å². The van der Waals surface area contributed by atoms with Crippen LogP contribution in [-0.4, -0.2) is 54.6 Å². The zero-order valence-corrected chi connectivity index (χ0v) is 22.0. The molecule has 4 aliphatic carbocycles. The lowest BCUT2D eigenvalue weighted by Crippen LogP contribution is -2.51. The van der Waals surface area contributed by atoms with E-state index in [1.807, 2.05) is 6.20 Å². The molecule has 2 heterocycles. The van der Waals surface area contributed by atoms with Gasteiger partial charge in [-0.15, -0.1) is 5.48 Å². The highest BCUT2D eigenvalue weighted by Gasteiger charge is 2.57. The van der Waals surface area contributed by atoms with Gasteiger partial charge in [-0.25, -0.2) is 4.79 Å². The van der Waals surface area contributed by atoms with Gasteiger partial charge in [0.05, 0.1) is 12.6 Å². The first-order valence-electron chi connectivity index (χ1n) is 14.2. The number of nitrogens with zero attached hydrogens (tertiary/aromatic N) is 2. The van der Waals surface area contributed by atoms with Gasteiger partial charge in [0.2, 0.25) is 0 Å². The predicted octanol–water partition coefficient (Wildman–Crippen LogP) is 4.36. The number of hydroxylamine groups is 1. The van der Waals surface area contributed by atoms with E-state index in [9.17, 15) is 4.79 Å². The van der Waals surface area contributed by atoms with Gasteiger partial charge >= 0.3 is 5.97 Å². The second-order valence-electron chi connectivity index (χ2n) is 12.3. The van der Waals surface area contributed by atoms with Crippen molar-refractivity contribution in [1.29, 1.82) is 0 Å². The summed E-state index contributed by atoms with van der Waals surface area (Å²) in [6.07, 6.45) is 17.4. The van der Waals surface area contributed by atoms with Crippen LogP contribution in [0.25, 0.3) is 5.57 Å². The molecule has 0 radical (unpaired) electrons. The molecule has 2 saturated carbocycles. The van der Waals surface area contributed by atoms with Gasteiger partial charge in [-0.1, -0.05) is 37.6 Å². The minimum atomic E-state index is -0.169. The van der Waals surface area contributed by atoms with Gasteiger partial charge in [0.15, 0.2) is 0 Å². The van der Waals surface area contributed by atoms with Crippen LogP contribution in [0.1, 0.15) is 64.4 Å². The van der Waals surface area contributed by atoms with Gasteiger partial charge in [0, 0.05) is 38.6 Å². The number of aromatic nitrogens is 1. The monoisotopic (exact) mass is 490 g/mol. The molecule has 1 saturated heterocycles. The zero-order chi connectivity index (χ0) is 24.8. The van der Waals surface area contributed by atoms with Crippen LogP contribution in [0.2, 0.25) is 0 Å². The standard InChI is InChI=1S/C30H42N4O2/c1-29-11-9-23(33-36-28(35)20-34-16-14-31-15-17-34)18-22(29)5-6-24-26-8-7-25(21-4-3-13-32-19-21)30(26,2)12-10-27(24)29/h3-4,7,13,18-19,23-24,26-27,31,33H,5-6,8-12,14-17,20H2,1-2H3/t23?,24-,26+,27+,29+,30-/m1/s1. The van der Waals surface area contributed by atoms with Crippen molar-refractivity contribution in [1.82, 2.24) is 20.7 Å². The quantitative estimate of drug-likeness (QED) is 0.472. The number of piperazine rings is 1. The molecular weight excluding hydrogens is 448 g/mol. The number of pyridine rings is 1. The van der Waals surface area contributed by atoms with E-state index in [2.05, 4.69) is 65.0 Å². The topological polar surface area (TPSA) is 66.5 Å². The molecule has 3 fully saturated rings. The van der Waals surface area contributed by atoms with Crippen molar-refractivity contribution in [2.24, 2.45) is 28.6 Å². The fourth-order valence-corrected chi connectivity index (χ4v) is 8.58. The summed E-state index contributed by atoms with van der Waals surface area (Å²) in [5, 5.41) is 3.32. The Bertz CT molecular complexity index is 1030. The van der Waals surface area contributed by atoms with Gasteiger partial charge in [-0.2, -0.15) is 0 Å². The summed E-state index contributed by atoms with van der Waals surface area (Å²) in [6.45, 7) is 9.13. The molecule has 0 spiro atoms. The van der Waals surface area contributed by atoms with Crippen LogP contribution in [0.4, 0.5) is 0 Å². The maximum absolute atomic E-state index is 12.4. The lowest BCUT2D eigenvalue weighted by atomic mass is 9.46. The number of rotatable bonds is 5. The Labute approximate surface area is 215 Å². The van der Waals surface area contributed by atoms with Crippen LogP contribution in [0.3, 0.4) is 0 Å². The molecule has 6 nitrogen and oxygen atoms in total. The Kier molecular flexibility index (Phi) is 6.55. The molecule has 1 aromatic rings. The van der Waals surface area contributed by atoms with E-state index >= 15 is 0 Å². The lowest BCUT2D eigenvalue weighted by molar-refractivity contribution is -0.154. The number of hydrogen-bond acceptors (Lipinski definition) is 6. The number of hydrogen-bond donors (Lipinski definition) is 2. The normalized spacial score (nSPS) is 38.3. The molecule has 1 unspecified atom stereocenters. The first-order valence-corrected chi connectivity index (χ1v) is 14.2. The third-order valence-corrected chi connectivity index (χ3v) is 10.6. The summed E-state index contributed by atoms with van der Waals surface area (Å²) in [7, 11) is 0. The number of carbonyl (C=O) groups is 1. The second-order valence-corrected chi connectivity index (χ2v) is 12.3. The summed E-state index contributed by atoms with van der Waals surface area (Å²) >= 11 is 0. The number of allylic oxidation sites excluding steroid dienone is 3. The molecule has 1 aliphatic heterocycles. The fraction of sp³-hybridized carbons (Fsp3) is 0.667. The molecule has 6 heteroatoms. The van der Waals surface area contributed by atoms with Crippen molar-refractivity contribution in [2.45, 2.75) is 64.8 Å². The van der Waals surface area contributed by atoms with Crippen LogP contribution in [0, 0.1) is 28.6 Å². The summed E-state index contributed by atoms with van der Waals surface area (Å²) < 4.78 is 0. The predicted molar refractivity (Wildman–Crippen MR) is 142 cm³/mol. The highest BCUT2D eigenvalue weighted by Crippen LogP contribution is 2.66. The average molecular weight is 491 g/mol. The molecule has 5 aliphatic rings. The Morgan fingerprint density at radius 3 is 2.81 bits per heavy atom. The molecule has 6 atom stereocenters. The van der Waals surface area contributed by atoms with Crippen molar-refractivity contribution in [3.63, 3.8) is 0 Å². The van der Waals surface area contributed by atoms with Gasteiger partial charge in [0.1, 0.15) is 0 Å². The van der Waals surface area contributed by atoms with Gasteiger partial charge < -0.3 is 10.2 Å². The van der Waals surface area contributed by atoms with Crippen LogP contribution >= 0.6 is 0 Å². The van der Waals surface area contributed by atoms with Gasteiger partial charge in [0.25, 0.3) is 0 Å². The molecule has 2 N–H and O–H groups in total. The van der Waals surface area contributed by atoms with E-state index in [1.165, 1.54) is 44.1 Å². The molecule has 0 amide bonds. The molecule has 6 rings (SSSR count). The lowest BCUT2D eigenvalue weighted by Gasteiger charge is -2.58. The van der Waals surface area contributed by atoms with E-state index in [0.29, 0.717) is 6.54 Å². The van der Waals surface area contributed by atoms with E-state index < -0.39 is 0 Å².